The number of carbonyl (C=O) groups is 1. The van der Waals surface area contributed by atoms with E-state index in [0.29, 0.717) is 50.3 Å². The molecule has 0 saturated carbocycles. The molecule has 28 heteroatoms. The molecule has 6 aromatic carbocycles. The lowest BCUT2D eigenvalue weighted by molar-refractivity contribution is -0.143. The minimum absolute atomic E-state index is 0.00109. The molecule has 28 nitrogen and oxygen atoms in total. The number of hydrogen-bond acceptors (Lipinski definition) is 25. The van der Waals surface area contributed by atoms with Gasteiger partial charge in [0.25, 0.3) is 11.8 Å². The first-order valence-electron chi connectivity index (χ1n) is 26.2. The SMILES string of the molecule is Nc1ccccc1N.[C-]#[N+]/C(C#N)=C1\N=c2ccc(-c3nc(-c4nc5ccccc5o4)nc(C(C#N)C(=O)OCC)n3)c(C#N)c2=N1.[C-]#[N+]/C(C#N)=C1\N=c2ccc(-c3nc(-c4nc5ccccc5o4)nc(C(C#N)c4nc5ccccc5[nH]4)n3)c(C#N)c2=N1. The molecule has 0 aliphatic carbocycles. The highest BCUT2D eigenvalue weighted by atomic mass is 16.5. The Balaban J connectivity index is 0.000000165. The van der Waals surface area contributed by atoms with Crippen molar-refractivity contribution < 1.29 is 18.4 Å². The van der Waals surface area contributed by atoms with Crippen LogP contribution in [0.5, 0.6) is 0 Å². The highest BCUT2D eigenvalue weighted by Gasteiger charge is 2.30. The number of anilines is 2. The number of nitrogen functional groups attached to an aromatic ring is 2. The third-order valence-electron chi connectivity index (χ3n) is 13.0. The van der Waals surface area contributed by atoms with Crippen molar-refractivity contribution in [3.8, 4) is 82.6 Å². The van der Waals surface area contributed by atoms with Crippen molar-refractivity contribution in [1.29, 1.82) is 31.6 Å². The Morgan fingerprint density at radius 1 is 0.556 bits per heavy atom. The van der Waals surface area contributed by atoms with Crippen LogP contribution in [0.1, 0.15) is 47.4 Å². The summed E-state index contributed by atoms with van der Waals surface area (Å²) in [6.07, 6.45) is 0. The van der Waals surface area contributed by atoms with E-state index in [1.165, 1.54) is 12.1 Å². The number of rotatable bonds is 9. The fourth-order valence-corrected chi connectivity index (χ4v) is 8.83. The van der Waals surface area contributed by atoms with E-state index in [9.17, 15) is 36.4 Å². The van der Waals surface area contributed by atoms with Gasteiger partial charge < -0.3 is 30.0 Å². The second-order valence-electron chi connectivity index (χ2n) is 18.5. The summed E-state index contributed by atoms with van der Waals surface area (Å²) < 4.78 is 16.7. The van der Waals surface area contributed by atoms with Gasteiger partial charge in [-0.05, 0) is 79.7 Å². The molecule has 0 fully saturated rings. The van der Waals surface area contributed by atoms with Crippen LogP contribution in [0.25, 0.3) is 89.1 Å². The Hall–Kier alpha value is -14.6. The van der Waals surface area contributed by atoms with E-state index in [0.717, 1.165) is 5.52 Å². The van der Waals surface area contributed by atoms with Gasteiger partial charge in [0.05, 0.1) is 88.3 Å². The second-order valence-corrected chi connectivity index (χ2v) is 18.5. The van der Waals surface area contributed by atoms with Gasteiger partial charge in [0.2, 0.25) is 17.6 Å². The average molecular weight is 1180 g/mol. The predicted octanol–water partition coefficient (Wildman–Crippen LogP) is 6.72. The van der Waals surface area contributed by atoms with Crippen LogP contribution in [0, 0.1) is 81.1 Å². The summed E-state index contributed by atoms with van der Waals surface area (Å²) in [4.78, 5) is 79.2. The van der Waals surface area contributed by atoms with E-state index in [1.807, 2.05) is 60.7 Å². The van der Waals surface area contributed by atoms with E-state index >= 15 is 0 Å². The third-order valence-corrected chi connectivity index (χ3v) is 13.0. The number of imidazole rings is 1. The molecule has 0 bridgehead atoms. The number of esters is 1. The van der Waals surface area contributed by atoms with Crippen molar-refractivity contribution in [2.45, 2.75) is 18.8 Å². The maximum absolute atomic E-state index is 12.5. The zero-order valence-corrected chi connectivity index (χ0v) is 46.1. The van der Waals surface area contributed by atoms with Crippen molar-refractivity contribution in [2.24, 2.45) is 20.0 Å². The summed E-state index contributed by atoms with van der Waals surface area (Å²) in [6.45, 7) is 16.0. The van der Waals surface area contributed by atoms with Crippen LogP contribution in [0.3, 0.4) is 0 Å². The van der Waals surface area contributed by atoms with Gasteiger partial charge in [-0.1, -0.05) is 48.5 Å². The molecule has 7 heterocycles. The van der Waals surface area contributed by atoms with Crippen LogP contribution in [0.2, 0.25) is 0 Å². The molecule has 2 unspecified atom stereocenters. The van der Waals surface area contributed by atoms with Gasteiger partial charge in [-0.25, -0.2) is 85.0 Å². The standard InChI is InChI=1S/C30H12N12O.C26H12N10O3.C6H8N2/c1-34-22(14-33)28-37-21-11-10-15(16(12-31)24(21)39-28)25-40-27(17(13-32)26-35-18-6-2-3-7-19(18)36-26)42-29(41-25)30-38-20-8-4-5-9-23(20)43-30;1-3-38-26(37)15(11-28)22-34-21(35-24(36-22)25-32-16-6-4-5-7-19(16)39-25)13-8-9-17-20(14(13)10-27)33-23(31-17)18(12-29)30-2;7-5-3-1-2-4-6(5)8/h2-11,17H,(H,35,36);4-9,15H,3H2,1H3;1-4H,7-8H2/b28-22+;23-18+;. The molecule has 0 saturated heterocycles. The van der Waals surface area contributed by atoms with Gasteiger partial charge >= 0.3 is 17.4 Å². The fraction of sp³-hybridized carbons (Fsp3) is 0.0645. The number of fused-ring (bicyclic) bond motifs is 5. The molecule has 2 aliphatic heterocycles. The molecule has 2 aliphatic rings. The first-order chi connectivity index (χ1) is 43.9. The van der Waals surface area contributed by atoms with E-state index < -0.39 is 17.8 Å². The predicted molar refractivity (Wildman–Crippen MR) is 313 cm³/mol. The van der Waals surface area contributed by atoms with Crippen LogP contribution in [-0.2, 0) is 9.53 Å². The van der Waals surface area contributed by atoms with Crippen molar-refractivity contribution in [3.63, 3.8) is 0 Å². The van der Waals surface area contributed by atoms with E-state index in [2.05, 4.69) is 91.6 Å². The number of oxazole rings is 2. The van der Waals surface area contributed by atoms with Crippen molar-refractivity contribution in [1.82, 2.24) is 49.8 Å². The molecule has 2 atom stereocenters. The molecule has 11 aromatic rings. The van der Waals surface area contributed by atoms with Gasteiger partial charge in [-0.2, -0.15) is 21.0 Å². The molecule has 5 N–H and O–H groups in total. The Morgan fingerprint density at radius 2 is 1.02 bits per heavy atom. The Morgan fingerprint density at radius 3 is 1.47 bits per heavy atom. The number of nitrogens with zero attached hydrogens (tertiary/aromatic N) is 21. The molecule has 5 aromatic heterocycles. The number of nitrogens with two attached hydrogens (primary N) is 2. The number of ether oxygens (including phenoxy) is 1. The second kappa shape index (κ2) is 24.7. The number of benzene rings is 6. The number of nitriles is 6. The Bertz CT molecular complexity index is 5400. The highest BCUT2D eigenvalue weighted by molar-refractivity contribution is 5.81. The van der Waals surface area contributed by atoms with E-state index in [1.54, 1.807) is 79.7 Å². The number of H-pyrrole nitrogens is 1. The summed E-state index contributed by atoms with van der Waals surface area (Å²) in [5, 5.41) is 59.6. The maximum atomic E-state index is 12.5. The summed E-state index contributed by atoms with van der Waals surface area (Å²) in [5.41, 5.74) is 15.5. The topological polar surface area (TPSA) is 437 Å². The lowest BCUT2D eigenvalue weighted by Crippen LogP contribution is -2.26. The van der Waals surface area contributed by atoms with Crippen LogP contribution >= 0.6 is 0 Å². The number of hydrogen-bond donors (Lipinski definition) is 3. The molecule has 0 amide bonds. The smallest absolute Gasteiger partial charge is 0.331 e. The molecule has 424 valence electrons. The van der Waals surface area contributed by atoms with E-state index in [4.69, 9.17) is 38.2 Å². The number of nitrogens with one attached hydrogen (secondary N) is 1. The number of allylic oxidation sites excluding steroid dienone is 2. The monoisotopic (exact) mass is 1180 g/mol. The van der Waals surface area contributed by atoms with Crippen molar-refractivity contribution in [3.05, 3.63) is 217 Å². The summed E-state index contributed by atoms with van der Waals surface area (Å²) in [5.74, 6) is -3.42. The number of aromatic nitrogens is 10. The zero-order chi connectivity index (χ0) is 63.0. The van der Waals surface area contributed by atoms with Crippen LogP contribution in [0.15, 0.2) is 173 Å². The molecular weight excluding hydrogens is 1140 g/mol. The van der Waals surface area contributed by atoms with Crippen molar-refractivity contribution >= 4 is 50.6 Å². The van der Waals surface area contributed by atoms with Crippen molar-refractivity contribution in [2.75, 3.05) is 18.1 Å². The largest absolute Gasteiger partial charge is 0.465 e. The Kier molecular flexibility index (Phi) is 15.7. The number of aromatic amines is 1. The average Bonchev–Trinajstić information content (AvgIpc) is 1.52. The van der Waals surface area contributed by atoms with Crippen LogP contribution in [0.4, 0.5) is 11.4 Å². The summed E-state index contributed by atoms with van der Waals surface area (Å²) in [7, 11) is 0. The van der Waals surface area contributed by atoms with Gasteiger partial charge in [0.15, 0.2) is 52.0 Å². The quantitative estimate of drug-likeness (QED) is 0.0584. The molecular formula is C62H32N24O4. The highest BCUT2D eigenvalue weighted by Crippen LogP contribution is 2.31. The molecule has 13 rings (SSSR count). The lowest BCUT2D eigenvalue weighted by atomic mass is 10.1. The third kappa shape index (κ3) is 11.1. The minimum Gasteiger partial charge on any atom is -0.465 e. The van der Waals surface area contributed by atoms with Crippen LogP contribution in [-0.4, -0.2) is 62.4 Å². The molecule has 90 heavy (non-hydrogen) atoms. The van der Waals surface area contributed by atoms with Gasteiger partial charge in [0, 0.05) is 11.1 Å². The summed E-state index contributed by atoms with van der Waals surface area (Å²) in [6, 6.07) is 46.7. The summed E-state index contributed by atoms with van der Waals surface area (Å²) >= 11 is 0. The Labute approximate surface area is 505 Å². The van der Waals surface area contributed by atoms with Gasteiger partial charge in [-0.3, -0.25) is 4.79 Å². The van der Waals surface area contributed by atoms with Gasteiger partial charge in [-0.15, -0.1) is 0 Å². The first kappa shape index (κ1) is 57.2. The minimum atomic E-state index is -1.50. The van der Waals surface area contributed by atoms with Gasteiger partial charge in [0.1, 0.15) is 39.7 Å². The maximum Gasteiger partial charge on any atom is 0.331 e. The molecule has 0 radical (unpaired) electrons. The number of carbonyl (C=O) groups excluding carboxylic acids is 1. The molecule has 0 spiro atoms. The first-order valence-corrected chi connectivity index (χ1v) is 26.2. The number of para-hydroxylation sites is 8. The zero-order valence-electron chi connectivity index (χ0n) is 46.1. The lowest BCUT2D eigenvalue weighted by Gasteiger charge is -2.10. The van der Waals surface area contributed by atoms with E-state index in [-0.39, 0.29) is 115 Å². The fourth-order valence-electron chi connectivity index (χ4n) is 8.83. The van der Waals surface area contributed by atoms with Crippen LogP contribution < -0.4 is 32.9 Å². The normalized spacial score (nSPS) is 13.1.